The van der Waals surface area contributed by atoms with Crippen LogP contribution in [0.1, 0.15) is 38.7 Å². The molecule has 1 aromatic carbocycles. The molecule has 0 spiro atoms. The van der Waals surface area contributed by atoms with Gasteiger partial charge in [0.15, 0.2) is 0 Å². The highest BCUT2D eigenvalue weighted by atomic mass is 16.5. The molecule has 0 aromatic heterocycles. The number of aliphatic hydroxyl groups is 1. The fraction of sp³-hybridized carbons (Fsp3) is 0.458. The average Bonchev–Trinajstić information content (AvgIpc) is 2.71. The summed E-state index contributed by atoms with van der Waals surface area (Å²) in [5, 5.41) is 11.0. The number of carbonyl (C=O) groups excluding carboxylic acids is 1. The number of nitrogens with zero attached hydrogens (tertiary/aromatic N) is 1. The number of benzene rings is 1. The van der Waals surface area contributed by atoms with E-state index < -0.39 is 6.10 Å². The number of hydrogen-bond acceptors (Lipinski definition) is 4. The second-order valence-electron chi connectivity index (χ2n) is 8.23. The standard InChI is InChI=1S/C24H29NO3/c1-3-17-13-20-19(18-7-5-4-6-8-18)14-22(26)28-24(20)21(23(17)27)15-25-11-9-16(2)10-12-25/h4-8,13-14,16,21,24,27H,3,9-12,15H2,1-2H3. The van der Waals surface area contributed by atoms with Crippen LogP contribution < -0.4 is 0 Å². The molecule has 0 radical (unpaired) electrons. The molecule has 0 amide bonds. The van der Waals surface area contributed by atoms with Crippen molar-refractivity contribution in [1.29, 1.82) is 0 Å². The van der Waals surface area contributed by atoms with Crippen molar-refractivity contribution in [2.75, 3.05) is 19.6 Å². The third kappa shape index (κ3) is 3.66. The number of fused-ring (bicyclic) bond motifs is 1. The molecule has 148 valence electrons. The van der Waals surface area contributed by atoms with E-state index in [1.807, 2.05) is 36.4 Å². The van der Waals surface area contributed by atoms with E-state index in [1.54, 1.807) is 6.08 Å². The summed E-state index contributed by atoms with van der Waals surface area (Å²) in [6.45, 7) is 7.15. The van der Waals surface area contributed by atoms with Crippen LogP contribution in [0.25, 0.3) is 5.57 Å². The van der Waals surface area contributed by atoms with Crippen LogP contribution in [0.2, 0.25) is 0 Å². The number of piperidine rings is 1. The smallest absolute Gasteiger partial charge is 0.332 e. The molecular formula is C24H29NO3. The van der Waals surface area contributed by atoms with Crippen molar-refractivity contribution in [2.24, 2.45) is 11.8 Å². The molecule has 4 heteroatoms. The average molecular weight is 380 g/mol. The molecule has 2 aliphatic heterocycles. The second-order valence-corrected chi connectivity index (χ2v) is 8.23. The van der Waals surface area contributed by atoms with Crippen molar-refractivity contribution in [1.82, 2.24) is 4.90 Å². The van der Waals surface area contributed by atoms with Gasteiger partial charge in [0.05, 0.1) is 5.92 Å². The van der Waals surface area contributed by atoms with Crippen LogP contribution in [-0.4, -0.2) is 41.7 Å². The Labute approximate surface area is 167 Å². The number of ether oxygens (including phenoxy) is 1. The van der Waals surface area contributed by atoms with E-state index in [0.717, 1.165) is 54.3 Å². The zero-order valence-electron chi connectivity index (χ0n) is 16.7. The molecule has 1 aliphatic carbocycles. The molecule has 1 fully saturated rings. The molecule has 4 nitrogen and oxygen atoms in total. The van der Waals surface area contributed by atoms with E-state index in [2.05, 4.69) is 18.7 Å². The van der Waals surface area contributed by atoms with Gasteiger partial charge >= 0.3 is 5.97 Å². The van der Waals surface area contributed by atoms with Gasteiger partial charge in [0, 0.05) is 18.2 Å². The number of rotatable bonds is 4. The maximum absolute atomic E-state index is 12.4. The van der Waals surface area contributed by atoms with Crippen LogP contribution in [0.5, 0.6) is 0 Å². The van der Waals surface area contributed by atoms with Crippen LogP contribution in [0.15, 0.2) is 59.4 Å². The molecule has 2 atom stereocenters. The first-order valence-corrected chi connectivity index (χ1v) is 10.4. The molecule has 1 N–H and O–H groups in total. The minimum atomic E-state index is -0.428. The lowest BCUT2D eigenvalue weighted by molar-refractivity contribution is -0.144. The zero-order valence-corrected chi connectivity index (χ0v) is 16.7. The summed E-state index contributed by atoms with van der Waals surface area (Å²) in [5.41, 5.74) is 3.88. The summed E-state index contributed by atoms with van der Waals surface area (Å²) in [5.74, 6) is 0.608. The molecule has 2 unspecified atom stereocenters. The summed E-state index contributed by atoms with van der Waals surface area (Å²) in [4.78, 5) is 14.8. The fourth-order valence-corrected chi connectivity index (χ4v) is 4.53. The van der Waals surface area contributed by atoms with E-state index >= 15 is 0 Å². The second kappa shape index (κ2) is 7.96. The van der Waals surface area contributed by atoms with Crippen molar-refractivity contribution in [2.45, 2.75) is 39.2 Å². The monoisotopic (exact) mass is 379 g/mol. The van der Waals surface area contributed by atoms with E-state index in [-0.39, 0.29) is 11.9 Å². The van der Waals surface area contributed by atoms with E-state index in [0.29, 0.717) is 5.76 Å². The quantitative estimate of drug-likeness (QED) is 0.782. The van der Waals surface area contributed by atoms with Crippen molar-refractivity contribution in [3.05, 3.63) is 65.0 Å². The van der Waals surface area contributed by atoms with Crippen LogP contribution in [-0.2, 0) is 9.53 Å². The number of hydrogen-bond donors (Lipinski definition) is 1. The first kappa shape index (κ1) is 19.0. The molecule has 3 aliphatic rings. The van der Waals surface area contributed by atoms with Gasteiger partial charge < -0.3 is 14.7 Å². The first-order valence-electron chi connectivity index (χ1n) is 10.4. The zero-order chi connectivity index (χ0) is 19.7. The Kier molecular flexibility index (Phi) is 5.40. The molecule has 4 rings (SSSR count). The normalized spacial score (nSPS) is 26.4. The van der Waals surface area contributed by atoms with Gasteiger partial charge in [-0.25, -0.2) is 4.79 Å². The maximum atomic E-state index is 12.4. The molecule has 0 saturated carbocycles. The van der Waals surface area contributed by atoms with Crippen molar-refractivity contribution in [3.63, 3.8) is 0 Å². The van der Waals surface area contributed by atoms with Crippen molar-refractivity contribution < 1.29 is 14.6 Å². The van der Waals surface area contributed by atoms with Gasteiger partial charge in [0.25, 0.3) is 0 Å². The third-order valence-electron chi connectivity index (χ3n) is 6.30. The topological polar surface area (TPSA) is 49.8 Å². The Morgan fingerprint density at radius 3 is 2.54 bits per heavy atom. The Balaban J connectivity index is 1.68. The molecule has 1 saturated heterocycles. The van der Waals surface area contributed by atoms with Gasteiger partial charge in [-0.1, -0.05) is 44.2 Å². The number of allylic oxidation sites excluding steroid dienone is 2. The van der Waals surface area contributed by atoms with Gasteiger partial charge in [0.2, 0.25) is 0 Å². The van der Waals surface area contributed by atoms with Gasteiger partial charge in [-0.3, -0.25) is 0 Å². The summed E-state index contributed by atoms with van der Waals surface area (Å²) in [6.07, 6.45) is 6.31. The predicted molar refractivity (Wildman–Crippen MR) is 111 cm³/mol. The fourth-order valence-electron chi connectivity index (χ4n) is 4.53. The van der Waals surface area contributed by atoms with E-state index in [4.69, 9.17) is 4.74 Å². The van der Waals surface area contributed by atoms with E-state index in [9.17, 15) is 9.90 Å². The van der Waals surface area contributed by atoms with Gasteiger partial charge in [-0.2, -0.15) is 0 Å². The molecule has 2 heterocycles. The van der Waals surface area contributed by atoms with Gasteiger partial charge in [-0.05, 0) is 61.1 Å². The number of esters is 1. The lowest BCUT2D eigenvalue weighted by atomic mass is 9.78. The Morgan fingerprint density at radius 2 is 1.86 bits per heavy atom. The van der Waals surface area contributed by atoms with Crippen molar-refractivity contribution >= 4 is 11.5 Å². The van der Waals surface area contributed by atoms with Crippen LogP contribution in [0.3, 0.4) is 0 Å². The Hall–Kier alpha value is -2.33. The van der Waals surface area contributed by atoms with Crippen LogP contribution in [0.4, 0.5) is 0 Å². The first-order chi connectivity index (χ1) is 13.6. The van der Waals surface area contributed by atoms with Crippen LogP contribution >= 0.6 is 0 Å². The summed E-state index contributed by atoms with van der Waals surface area (Å²) >= 11 is 0. The highest BCUT2D eigenvalue weighted by Crippen LogP contribution is 2.41. The molecule has 1 aromatic rings. The Morgan fingerprint density at radius 1 is 1.14 bits per heavy atom. The highest BCUT2D eigenvalue weighted by molar-refractivity contribution is 5.99. The van der Waals surface area contributed by atoms with Gasteiger partial charge in [0.1, 0.15) is 11.9 Å². The maximum Gasteiger partial charge on any atom is 0.332 e. The Bertz CT molecular complexity index is 829. The molecule has 28 heavy (non-hydrogen) atoms. The largest absolute Gasteiger partial charge is 0.512 e. The van der Waals surface area contributed by atoms with E-state index in [1.165, 1.54) is 12.8 Å². The molecule has 0 bridgehead atoms. The highest BCUT2D eigenvalue weighted by Gasteiger charge is 2.41. The van der Waals surface area contributed by atoms with Crippen LogP contribution in [0, 0.1) is 11.8 Å². The number of likely N-dealkylation sites (tertiary alicyclic amines) is 1. The third-order valence-corrected chi connectivity index (χ3v) is 6.30. The minimum Gasteiger partial charge on any atom is -0.512 e. The SMILES string of the molecule is CCC1=C(O)C(CN2CCC(C)CC2)C2OC(=O)C=C(c3ccccc3)C2=C1. The number of carbonyl (C=O) groups is 1. The number of aliphatic hydroxyl groups excluding tert-OH is 1. The summed E-state index contributed by atoms with van der Waals surface area (Å²) in [6, 6.07) is 9.98. The predicted octanol–water partition coefficient (Wildman–Crippen LogP) is 4.51. The summed E-state index contributed by atoms with van der Waals surface area (Å²) < 4.78 is 5.78. The lowest BCUT2D eigenvalue weighted by Gasteiger charge is -2.40. The van der Waals surface area contributed by atoms with Gasteiger partial charge in [-0.15, -0.1) is 0 Å². The minimum absolute atomic E-state index is 0.209. The summed E-state index contributed by atoms with van der Waals surface area (Å²) in [7, 11) is 0. The molecular weight excluding hydrogens is 350 g/mol. The lowest BCUT2D eigenvalue weighted by Crippen LogP contribution is -2.44. The van der Waals surface area contributed by atoms with Crippen molar-refractivity contribution in [3.8, 4) is 0 Å².